The second-order valence-electron chi connectivity index (χ2n) is 5.06. The second kappa shape index (κ2) is 5.86. The van der Waals surface area contributed by atoms with Crippen LogP contribution in [0.15, 0.2) is 42.5 Å². The summed E-state index contributed by atoms with van der Waals surface area (Å²) >= 11 is 6.35. The number of hydrogen-bond donors (Lipinski definition) is 0. The summed E-state index contributed by atoms with van der Waals surface area (Å²) in [6.07, 6.45) is 2.14. The highest BCUT2D eigenvalue weighted by atomic mass is 35.5. The zero-order valence-corrected chi connectivity index (χ0v) is 12.6. The molecule has 0 aliphatic heterocycles. The largest absolute Gasteiger partial charge is 0.323 e. The van der Waals surface area contributed by atoms with Crippen LogP contribution in [-0.4, -0.2) is 9.55 Å². The lowest BCUT2D eigenvalue weighted by Gasteiger charge is -2.09. The highest BCUT2D eigenvalue weighted by molar-refractivity contribution is 6.35. The van der Waals surface area contributed by atoms with Crippen molar-refractivity contribution in [3.05, 3.63) is 53.3 Å². The molecule has 21 heavy (non-hydrogen) atoms. The average Bonchev–Trinajstić information content (AvgIpc) is 2.86. The monoisotopic (exact) mass is 302 g/mol. The minimum Gasteiger partial charge on any atom is -0.323 e. The fourth-order valence-electron chi connectivity index (χ4n) is 2.50. The molecule has 0 fully saturated rings. The van der Waals surface area contributed by atoms with E-state index in [-0.39, 0.29) is 5.82 Å². The number of benzene rings is 2. The molecule has 108 valence electrons. The number of nitrogens with zero attached hydrogens (tertiary/aromatic N) is 2. The smallest absolute Gasteiger partial charge is 0.141 e. The van der Waals surface area contributed by atoms with Gasteiger partial charge in [-0.1, -0.05) is 31.0 Å². The van der Waals surface area contributed by atoms with Gasteiger partial charge in [-0.15, -0.1) is 0 Å². The van der Waals surface area contributed by atoms with Gasteiger partial charge in [-0.05, 0) is 42.8 Å². The van der Waals surface area contributed by atoms with Gasteiger partial charge in [0.05, 0.1) is 16.1 Å². The molecule has 3 rings (SSSR count). The maximum Gasteiger partial charge on any atom is 0.141 e. The standard InChI is InChI=1S/C17H16ClFN2/c1-2-3-11-21-16-14(18)5-4-6-15(16)20-17(21)12-7-9-13(19)10-8-12/h4-10H,2-3,11H2,1H3. The molecule has 0 saturated heterocycles. The van der Waals surface area contributed by atoms with Crippen molar-refractivity contribution < 1.29 is 4.39 Å². The van der Waals surface area contributed by atoms with Crippen LogP contribution in [0.2, 0.25) is 5.02 Å². The molecule has 0 radical (unpaired) electrons. The number of unbranched alkanes of at least 4 members (excludes halogenated alkanes) is 1. The molecule has 1 aromatic heterocycles. The summed E-state index contributed by atoms with van der Waals surface area (Å²) in [6, 6.07) is 12.2. The van der Waals surface area contributed by atoms with Crippen LogP contribution in [0, 0.1) is 5.82 Å². The highest BCUT2D eigenvalue weighted by Gasteiger charge is 2.14. The summed E-state index contributed by atoms with van der Waals surface area (Å²) in [5, 5.41) is 0.699. The zero-order chi connectivity index (χ0) is 14.8. The van der Waals surface area contributed by atoms with Crippen LogP contribution in [0.5, 0.6) is 0 Å². The minimum atomic E-state index is -0.243. The first-order valence-corrected chi connectivity index (χ1v) is 7.49. The lowest BCUT2D eigenvalue weighted by atomic mass is 10.2. The zero-order valence-electron chi connectivity index (χ0n) is 11.8. The molecule has 0 aliphatic carbocycles. The highest BCUT2D eigenvalue weighted by Crippen LogP contribution is 2.30. The van der Waals surface area contributed by atoms with Gasteiger partial charge in [0, 0.05) is 12.1 Å². The van der Waals surface area contributed by atoms with E-state index in [4.69, 9.17) is 11.6 Å². The Bertz CT molecular complexity index is 762. The molecule has 0 spiro atoms. The van der Waals surface area contributed by atoms with Crippen LogP contribution in [0.25, 0.3) is 22.4 Å². The first kappa shape index (κ1) is 14.1. The summed E-state index contributed by atoms with van der Waals surface area (Å²) < 4.78 is 15.3. The van der Waals surface area contributed by atoms with E-state index in [1.807, 2.05) is 18.2 Å². The van der Waals surface area contributed by atoms with Crippen molar-refractivity contribution in [3.63, 3.8) is 0 Å². The molecule has 0 unspecified atom stereocenters. The van der Waals surface area contributed by atoms with Gasteiger partial charge >= 0.3 is 0 Å². The number of aromatic nitrogens is 2. The molecule has 0 aliphatic rings. The Morgan fingerprint density at radius 1 is 1.14 bits per heavy atom. The second-order valence-corrected chi connectivity index (χ2v) is 5.46. The molecule has 0 atom stereocenters. The average molecular weight is 303 g/mol. The molecule has 2 nitrogen and oxygen atoms in total. The fraction of sp³-hybridized carbons (Fsp3) is 0.235. The summed E-state index contributed by atoms with van der Waals surface area (Å²) in [4.78, 5) is 4.68. The van der Waals surface area contributed by atoms with Crippen LogP contribution in [-0.2, 0) is 6.54 Å². The molecule has 0 saturated carbocycles. The predicted octanol–water partition coefficient (Wildman–Crippen LogP) is 5.30. The van der Waals surface area contributed by atoms with Crippen molar-refractivity contribution in [2.75, 3.05) is 0 Å². The Balaban J connectivity index is 2.21. The van der Waals surface area contributed by atoms with E-state index in [1.54, 1.807) is 12.1 Å². The van der Waals surface area contributed by atoms with E-state index in [0.29, 0.717) is 5.02 Å². The summed E-state index contributed by atoms with van der Waals surface area (Å²) in [7, 11) is 0. The Morgan fingerprint density at radius 2 is 1.90 bits per heavy atom. The Morgan fingerprint density at radius 3 is 2.62 bits per heavy atom. The van der Waals surface area contributed by atoms with Crippen LogP contribution < -0.4 is 0 Å². The Kier molecular flexibility index (Phi) is 3.93. The number of imidazole rings is 1. The minimum absolute atomic E-state index is 0.243. The molecule has 2 aromatic carbocycles. The molecule has 0 N–H and O–H groups in total. The number of fused-ring (bicyclic) bond motifs is 1. The molecule has 1 heterocycles. The number of halogens is 2. The molecular formula is C17H16ClFN2. The van der Waals surface area contributed by atoms with Crippen molar-refractivity contribution in [2.24, 2.45) is 0 Å². The van der Waals surface area contributed by atoms with E-state index < -0.39 is 0 Å². The predicted molar refractivity (Wildman–Crippen MR) is 85.0 cm³/mol. The number of hydrogen-bond acceptors (Lipinski definition) is 1. The van der Waals surface area contributed by atoms with Gasteiger partial charge in [-0.2, -0.15) is 0 Å². The third-order valence-corrected chi connectivity index (χ3v) is 3.86. The Labute approximate surface area is 128 Å². The fourth-order valence-corrected chi connectivity index (χ4v) is 2.77. The molecule has 0 amide bonds. The third kappa shape index (κ3) is 2.66. The molecular weight excluding hydrogens is 287 g/mol. The van der Waals surface area contributed by atoms with E-state index in [1.165, 1.54) is 12.1 Å². The van der Waals surface area contributed by atoms with Crippen molar-refractivity contribution in [3.8, 4) is 11.4 Å². The van der Waals surface area contributed by atoms with E-state index in [0.717, 1.165) is 41.8 Å². The maximum absolute atomic E-state index is 13.1. The SMILES string of the molecule is CCCCn1c(-c2ccc(F)cc2)nc2cccc(Cl)c21. The molecule has 4 heteroatoms. The maximum atomic E-state index is 13.1. The number of para-hydroxylation sites is 1. The van der Waals surface area contributed by atoms with Gasteiger partial charge in [0.15, 0.2) is 0 Å². The van der Waals surface area contributed by atoms with Crippen molar-refractivity contribution in [2.45, 2.75) is 26.3 Å². The third-order valence-electron chi connectivity index (χ3n) is 3.56. The van der Waals surface area contributed by atoms with Gasteiger partial charge < -0.3 is 4.57 Å². The summed E-state index contributed by atoms with van der Waals surface area (Å²) in [6.45, 7) is 3.00. The van der Waals surface area contributed by atoms with Gasteiger partial charge in [0.2, 0.25) is 0 Å². The van der Waals surface area contributed by atoms with Gasteiger partial charge in [-0.25, -0.2) is 9.37 Å². The van der Waals surface area contributed by atoms with E-state index in [9.17, 15) is 4.39 Å². The molecule has 0 bridgehead atoms. The summed E-state index contributed by atoms with van der Waals surface area (Å²) in [5.74, 6) is 0.597. The normalized spacial score (nSPS) is 11.2. The van der Waals surface area contributed by atoms with Crippen LogP contribution >= 0.6 is 11.6 Å². The van der Waals surface area contributed by atoms with Gasteiger partial charge in [0.25, 0.3) is 0 Å². The van der Waals surface area contributed by atoms with Gasteiger partial charge in [-0.3, -0.25) is 0 Å². The van der Waals surface area contributed by atoms with Crippen LogP contribution in [0.3, 0.4) is 0 Å². The number of rotatable bonds is 4. The topological polar surface area (TPSA) is 17.8 Å². The summed E-state index contributed by atoms with van der Waals surface area (Å²) in [5.41, 5.74) is 2.73. The lowest BCUT2D eigenvalue weighted by molar-refractivity contribution is 0.627. The van der Waals surface area contributed by atoms with E-state index >= 15 is 0 Å². The van der Waals surface area contributed by atoms with Crippen molar-refractivity contribution in [1.82, 2.24) is 9.55 Å². The lowest BCUT2D eigenvalue weighted by Crippen LogP contribution is -2.01. The molecule has 3 aromatic rings. The van der Waals surface area contributed by atoms with Crippen LogP contribution in [0.1, 0.15) is 19.8 Å². The van der Waals surface area contributed by atoms with Crippen LogP contribution in [0.4, 0.5) is 4.39 Å². The van der Waals surface area contributed by atoms with Gasteiger partial charge in [0.1, 0.15) is 11.6 Å². The van der Waals surface area contributed by atoms with E-state index in [2.05, 4.69) is 16.5 Å². The number of aryl methyl sites for hydroxylation is 1. The first-order valence-electron chi connectivity index (χ1n) is 7.11. The first-order chi connectivity index (χ1) is 10.2. The quantitative estimate of drug-likeness (QED) is 0.640. The van der Waals surface area contributed by atoms with Crippen molar-refractivity contribution in [1.29, 1.82) is 0 Å². The Hall–Kier alpha value is -1.87. The van der Waals surface area contributed by atoms with Crippen molar-refractivity contribution >= 4 is 22.6 Å².